The third kappa shape index (κ3) is 25.4. The van der Waals surface area contributed by atoms with E-state index in [2.05, 4.69) is 41.7 Å². The zero-order valence-electron chi connectivity index (χ0n) is 43.4. The Morgan fingerprint density at radius 3 is 1.95 bits per heavy atom. The first-order valence-corrected chi connectivity index (χ1v) is 24.7. The molecule has 26 heteroatoms. The maximum atomic E-state index is 13.1. The van der Waals surface area contributed by atoms with E-state index >= 15 is 0 Å². The summed E-state index contributed by atoms with van der Waals surface area (Å²) < 4.78 is 44.7. The summed E-state index contributed by atoms with van der Waals surface area (Å²) in [7, 11) is 8.28. The highest BCUT2D eigenvalue weighted by Gasteiger charge is 2.24. The molecule has 5 N–H and O–H groups in total. The van der Waals surface area contributed by atoms with Gasteiger partial charge in [0.2, 0.25) is 18.2 Å². The molecule has 24 nitrogen and oxygen atoms in total. The average Bonchev–Trinajstić information content (AvgIpc) is 3.81. The molecule has 0 saturated heterocycles. The van der Waals surface area contributed by atoms with Gasteiger partial charge in [0.15, 0.2) is 17.1 Å². The fourth-order valence-corrected chi connectivity index (χ4v) is 6.63. The lowest BCUT2D eigenvalue weighted by molar-refractivity contribution is -0.121. The molecule has 0 radical (unpaired) electrons. The van der Waals surface area contributed by atoms with Crippen LogP contribution in [0.15, 0.2) is 42.7 Å². The molecule has 0 saturated carbocycles. The Labute approximate surface area is 447 Å². The van der Waals surface area contributed by atoms with Crippen LogP contribution in [0.5, 0.6) is 5.88 Å². The minimum atomic E-state index is -0.804. The number of nitrogens with one attached hydrogen (secondary N) is 5. The second kappa shape index (κ2) is 40.4. The first kappa shape index (κ1) is 65.2. The molecule has 2 unspecified atom stereocenters. The van der Waals surface area contributed by atoms with Gasteiger partial charge in [-0.1, -0.05) is 29.3 Å². The molecule has 0 bridgehead atoms. The van der Waals surface area contributed by atoms with Crippen LogP contribution in [0.25, 0.3) is 5.65 Å². The highest BCUT2D eigenvalue weighted by Crippen LogP contribution is 2.26. The lowest BCUT2D eigenvalue weighted by Gasteiger charge is -2.24. The van der Waals surface area contributed by atoms with Crippen molar-refractivity contribution in [3.63, 3.8) is 0 Å². The first-order chi connectivity index (χ1) is 36.4. The van der Waals surface area contributed by atoms with Crippen molar-refractivity contribution in [1.82, 2.24) is 35.1 Å². The van der Waals surface area contributed by atoms with E-state index in [9.17, 15) is 28.8 Å². The molecule has 416 valence electrons. The molecule has 0 aliphatic carbocycles. The maximum absolute atomic E-state index is 13.1. The number of aromatic nitrogens is 4. The lowest BCUT2D eigenvalue weighted by Crippen LogP contribution is -2.39. The molecule has 2 atom stereocenters. The van der Waals surface area contributed by atoms with Crippen molar-refractivity contribution in [2.24, 2.45) is 0 Å². The quantitative estimate of drug-likeness (QED) is 0.0315. The standard InChI is InChI=1S/C30H47N3O11.C10H13ClN4O.C9H12ClN3O2/c1-31-29(37)8-7-25(23-35)33(2)30(38)26-5-3-6-28(27(26)24-36)32-9-12-40-14-16-42-18-20-44-22-21-43-19-17-41-15-13-39-11-4-10-34;1-6(16-3)10-7(12-2)5-13-9-4-8(11)14-15(9)10;1-11-2-3-15-9-8(13-6-14)4-7(10)5-12-9/h3,5-6,10,23-25,32H,4,7-9,11-22H2,1-2H3,(H,31,37);4-6,12H,1-3H3;4-6,11H,2-3H2,1H3,(H,13,14). The number of halogens is 2. The molecular weight excluding hydrogens is 1020 g/mol. The number of ether oxygens (including phenoxy) is 8. The fraction of sp³-hybridized carbons (Fsp3) is 0.531. The summed E-state index contributed by atoms with van der Waals surface area (Å²) in [4.78, 5) is 78.0. The highest BCUT2D eigenvalue weighted by molar-refractivity contribution is 6.30. The van der Waals surface area contributed by atoms with Crippen LogP contribution in [-0.4, -0.2) is 202 Å². The fourth-order valence-electron chi connectivity index (χ4n) is 6.30. The number of rotatable bonds is 38. The number of carbonyl (C=O) groups excluding carboxylic acids is 6. The van der Waals surface area contributed by atoms with Gasteiger partial charge in [0.25, 0.3) is 5.91 Å². The van der Waals surface area contributed by atoms with Gasteiger partial charge in [-0.05, 0) is 38.6 Å². The van der Waals surface area contributed by atoms with Gasteiger partial charge in [0.1, 0.15) is 24.9 Å². The van der Waals surface area contributed by atoms with Crippen LogP contribution in [0.3, 0.4) is 0 Å². The SMILES string of the molecule is CNC(=O)CCC(C=O)N(C)C(=O)c1cccc(NCCOCCOCCOCCOCCOCCOCCC=O)c1C=O.CNCCOc1ncc(Cl)cc1NC=O.CNc1cnc2cc(Cl)nn2c1C(C)OC. The van der Waals surface area contributed by atoms with Crippen molar-refractivity contribution >= 4 is 83.0 Å². The lowest BCUT2D eigenvalue weighted by atomic mass is 10.0. The Balaban J connectivity index is 0.000000496. The van der Waals surface area contributed by atoms with Crippen LogP contribution in [0, 0.1) is 0 Å². The number of methoxy groups -OCH3 is 1. The van der Waals surface area contributed by atoms with Crippen molar-refractivity contribution in [2.75, 3.05) is 150 Å². The summed E-state index contributed by atoms with van der Waals surface area (Å²) in [6.07, 6.45) is 6.36. The van der Waals surface area contributed by atoms with E-state index in [1.54, 1.807) is 42.1 Å². The van der Waals surface area contributed by atoms with Crippen LogP contribution in [0.4, 0.5) is 17.1 Å². The van der Waals surface area contributed by atoms with Crippen LogP contribution >= 0.6 is 23.2 Å². The van der Waals surface area contributed by atoms with Crippen LogP contribution in [0.2, 0.25) is 10.2 Å². The van der Waals surface area contributed by atoms with E-state index in [-0.39, 0.29) is 36.0 Å². The Hall–Kier alpha value is -5.93. The van der Waals surface area contributed by atoms with Crippen molar-refractivity contribution in [2.45, 2.75) is 38.3 Å². The van der Waals surface area contributed by atoms with E-state index in [4.69, 9.17) is 61.1 Å². The van der Waals surface area contributed by atoms with E-state index < -0.39 is 11.9 Å². The van der Waals surface area contributed by atoms with Crippen molar-refractivity contribution < 1.29 is 66.7 Å². The van der Waals surface area contributed by atoms with Crippen LogP contribution in [-0.2, 0) is 52.3 Å². The van der Waals surface area contributed by atoms with Gasteiger partial charge in [-0.15, -0.1) is 0 Å². The first-order valence-electron chi connectivity index (χ1n) is 24.0. The summed E-state index contributed by atoms with van der Waals surface area (Å²) >= 11 is 11.6. The minimum Gasteiger partial charge on any atom is -0.475 e. The normalized spacial score (nSPS) is 11.5. The van der Waals surface area contributed by atoms with Crippen molar-refractivity contribution in [1.29, 1.82) is 0 Å². The number of fused-ring (bicyclic) bond motifs is 1. The van der Waals surface area contributed by atoms with Crippen molar-refractivity contribution in [3.05, 3.63) is 69.7 Å². The molecule has 0 fully saturated rings. The van der Waals surface area contributed by atoms with Crippen molar-refractivity contribution in [3.8, 4) is 5.88 Å². The van der Waals surface area contributed by atoms with E-state index in [0.29, 0.717) is 157 Å². The molecule has 1 aromatic carbocycles. The predicted molar refractivity (Wildman–Crippen MR) is 282 cm³/mol. The van der Waals surface area contributed by atoms with Gasteiger partial charge in [0, 0.05) is 72.1 Å². The van der Waals surface area contributed by atoms with Crippen LogP contribution in [0.1, 0.15) is 58.7 Å². The third-order valence-electron chi connectivity index (χ3n) is 10.3. The highest BCUT2D eigenvalue weighted by atomic mass is 35.5. The number of amides is 3. The molecule has 3 aromatic heterocycles. The van der Waals surface area contributed by atoms with Gasteiger partial charge < -0.3 is 79.0 Å². The minimum absolute atomic E-state index is 0.0926. The molecule has 0 aliphatic heterocycles. The summed E-state index contributed by atoms with van der Waals surface area (Å²) in [5.41, 5.74) is 3.76. The number of nitrogens with zero attached hydrogens (tertiary/aromatic N) is 5. The summed E-state index contributed by atoms with van der Waals surface area (Å²) in [6.45, 7) is 8.61. The van der Waals surface area contributed by atoms with Crippen LogP contribution < -0.4 is 31.3 Å². The van der Waals surface area contributed by atoms with Gasteiger partial charge in [-0.25, -0.2) is 14.5 Å². The Bertz CT molecular complexity index is 2280. The molecule has 3 heterocycles. The van der Waals surface area contributed by atoms with Gasteiger partial charge >= 0.3 is 0 Å². The van der Waals surface area contributed by atoms with Gasteiger partial charge in [-0.2, -0.15) is 5.10 Å². The Morgan fingerprint density at radius 1 is 0.773 bits per heavy atom. The van der Waals surface area contributed by atoms with E-state index in [1.807, 2.05) is 21.0 Å². The van der Waals surface area contributed by atoms with Gasteiger partial charge in [0.05, 0.1) is 125 Å². The summed E-state index contributed by atoms with van der Waals surface area (Å²) in [5.74, 6) is -0.365. The largest absolute Gasteiger partial charge is 0.475 e. The molecule has 75 heavy (non-hydrogen) atoms. The molecule has 4 aromatic rings. The molecular formula is C49H72Cl2N10O14. The third-order valence-corrected chi connectivity index (χ3v) is 10.7. The smallest absolute Gasteiger partial charge is 0.255 e. The number of pyridine rings is 1. The Morgan fingerprint density at radius 2 is 1.40 bits per heavy atom. The number of hydrogen-bond donors (Lipinski definition) is 5. The zero-order valence-corrected chi connectivity index (χ0v) is 45.0. The number of likely N-dealkylation sites (N-methyl/N-ethyl adjacent to an activating group) is 2. The topological polar surface area (TPSA) is 283 Å². The Kier molecular flexibility index (Phi) is 35.1. The molecule has 0 spiro atoms. The second-order valence-electron chi connectivity index (χ2n) is 15.4. The van der Waals surface area contributed by atoms with E-state index in [1.165, 1.54) is 31.3 Å². The molecule has 3 amide bonds. The number of benzene rings is 1. The number of aldehydes is 3. The van der Waals surface area contributed by atoms with Gasteiger partial charge in [-0.3, -0.25) is 19.2 Å². The average molecular weight is 1100 g/mol. The monoisotopic (exact) mass is 1090 g/mol. The maximum Gasteiger partial charge on any atom is 0.255 e. The number of anilines is 3. The number of hydrogen-bond acceptors (Lipinski definition) is 20. The number of carbonyl (C=O) groups is 6. The zero-order chi connectivity index (χ0) is 55.1. The summed E-state index contributed by atoms with van der Waals surface area (Å²) in [6, 6.07) is 7.34. The van der Waals surface area contributed by atoms with E-state index in [0.717, 1.165) is 17.7 Å². The second-order valence-corrected chi connectivity index (χ2v) is 16.2. The predicted octanol–water partition coefficient (Wildman–Crippen LogP) is 3.80. The summed E-state index contributed by atoms with van der Waals surface area (Å²) in [5, 5.41) is 19.1. The molecule has 4 rings (SSSR count). The molecule has 0 aliphatic rings.